The molecule has 0 amide bonds. The number of nitrogens with zero attached hydrogens (tertiary/aromatic N) is 1. The summed E-state index contributed by atoms with van der Waals surface area (Å²) in [4.78, 5) is 5.74. The van der Waals surface area contributed by atoms with Crippen LogP contribution in [-0.4, -0.2) is 28.0 Å². The molecule has 9 heteroatoms. The summed E-state index contributed by atoms with van der Waals surface area (Å²) in [5.41, 5.74) is 6.60. The monoisotopic (exact) mass is 480 g/mol. The van der Waals surface area contributed by atoms with Crippen LogP contribution in [0.1, 0.15) is 10.4 Å². The number of hydrogen-bond acceptors (Lipinski definition) is 4. The fourth-order valence-corrected chi connectivity index (χ4v) is 3.44. The van der Waals surface area contributed by atoms with Crippen molar-refractivity contribution in [1.82, 2.24) is 10.0 Å². The zero-order valence-electron chi connectivity index (χ0n) is 13.2. The number of guanidine groups is 1. The summed E-state index contributed by atoms with van der Waals surface area (Å²) >= 11 is 1.71. The van der Waals surface area contributed by atoms with Gasteiger partial charge in [-0.15, -0.1) is 35.3 Å². The summed E-state index contributed by atoms with van der Waals surface area (Å²) in [6.45, 7) is 1.04. The average Bonchev–Trinajstić information content (AvgIpc) is 3.06. The lowest BCUT2D eigenvalue weighted by atomic mass is 10.2. The molecule has 2 rings (SSSR count). The summed E-state index contributed by atoms with van der Waals surface area (Å²) in [5.74, 6) is 0.350. The van der Waals surface area contributed by atoms with Crippen LogP contribution in [0.3, 0.4) is 0 Å². The van der Waals surface area contributed by atoms with Gasteiger partial charge in [0.05, 0.1) is 11.4 Å². The van der Waals surface area contributed by atoms with E-state index in [1.165, 1.54) is 11.9 Å². The van der Waals surface area contributed by atoms with Gasteiger partial charge in [-0.05, 0) is 42.6 Å². The highest BCUT2D eigenvalue weighted by Gasteiger charge is 2.11. The lowest BCUT2D eigenvalue weighted by Gasteiger charge is -2.06. The van der Waals surface area contributed by atoms with Crippen LogP contribution in [0.5, 0.6) is 0 Å². The van der Waals surface area contributed by atoms with Gasteiger partial charge in [-0.1, -0.05) is 18.2 Å². The van der Waals surface area contributed by atoms with Crippen LogP contribution in [0.15, 0.2) is 51.7 Å². The van der Waals surface area contributed by atoms with Gasteiger partial charge in [0.25, 0.3) is 0 Å². The Morgan fingerprint density at radius 1 is 1.29 bits per heavy atom. The van der Waals surface area contributed by atoms with Gasteiger partial charge >= 0.3 is 0 Å². The van der Waals surface area contributed by atoms with Crippen LogP contribution in [-0.2, 0) is 23.0 Å². The molecule has 0 unspecified atom stereocenters. The lowest BCUT2D eigenvalue weighted by molar-refractivity contribution is 0.588. The maximum absolute atomic E-state index is 11.8. The third kappa shape index (κ3) is 6.38. The van der Waals surface area contributed by atoms with Gasteiger partial charge < -0.3 is 11.1 Å². The largest absolute Gasteiger partial charge is 0.370 e. The minimum Gasteiger partial charge on any atom is -0.370 e. The van der Waals surface area contributed by atoms with Crippen LogP contribution in [0.25, 0.3) is 0 Å². The first-order valence-corrected chi connectivity index (χ1v) is 9.46. The van der Waals surface area contributed by atoms with E-state index < -0.39 is 10.0 Å². The number of nitrogens with two attached hydrogens (primary N) is 1. The molecule has 0 spiro atoms. The molecular weight excluding hydrogens is 459 g/mol. The van der Waals surface area contributed by atoms with Crippen LogP contribution in [0.2, 0.25) is 0 Å². The van der Waals surface area contributed by atoms with E-state index in [4.69, 9.17) is 5.73 Å². The number of halogens is 1. The average molecular weight is 480 g/mol. The van der Waals surface area contributed by atoms with Crippen molar-refractivity contribution in [3.05, 3.63) is 52.2 Å². The maximum Gasteiger partial charge on any atom is 0.240 e. The van der Waals surface area contributed by atoms with Crippen LogP contribution >= 0.6 is 35.3 Å². The maximum atomic E-state index is 11.8. The number of aliphatic imine (C=N–C) groups is 1. The molecule has 0 aliphatic rings. The molecular formula is C15H21IN4O2S2. The second kappa shape index (κ2) is 9.97. The Balaban J connectivity index is 0.00000288. The summed E-state index contributed by atoms with van der Waals surface area (Å²) < 4.78 is 25.8. The van der Waals surface area contributed by atoms with E-state index in [-0.39, 0.29) is 28.9 Å². The molecule has 0 bridgehead atoms. The van der Waals surface area contributed by atoms with E-state index in [0.717, 1.165) is 12.0 Å². The van der Waals surface area contributed by atoms with Gasteiger partial charge in [-0.2, -0.15) is 0 Å². The summed E-state index contributed by atoms with van der Waals surface area (Å²) in [5, 5.41) is 5.09. The molecule has 1 aromatic carbocycles. The molecule has 1 aromatic heterocycles. The van der Waals surface area contributed by atoms with Gasteiger partial charge in [0, 0.05) is 11.4 Å². The molecule has 1 heterocycles. The SMILES string of the molecule is CNS(=O)(=O)c1cccc(CN=C(N)NCCc2cccs2)c1.I. The zero-order valence-corrected chi connectivity index (χ0v) is 17.2. The number of hydrogen-bond donors (Lipinski definition) is 3. The molecule has 0 aliphatic carbocycles. The van der Waals surface area contributed by atoms with Gasteiger partial charge in [-0.25, -0.2) is 18.1 Å². The highest BCUT2D eigenvalue weighted by molar-refractivity contribution is 14.0. The van der Waals surface area contributed by atoms with Gasteiger partial charge in [0.1, 0.15) is 0 Å². The van der Waals surface area contributed by atoms with E-state index in [0.29, 0.717) is 19.0 Å². The second-order valence-electron chi connectivity index (χ2n) is 4.81. The molecule has 0 saturated heterocycles. The smallest absolute Gasteiger partial charge is 0.240 e. The van der Waals surface area contributed by atoms with E-state index in [1.54, 1.807) is 29.5 Å². The van der Waals surface area contributed by atoms with Crippen molar-refractivity contribution in [2.45, 2.75) is 17.9 Å². The number of sulfonamides is 1. The van der Waals surface area contributed by atoms with Crippen molar-refractivity contribution in [3.8, 4) is 0 Å². The Hall–Kier alpha value is -1.17. The van der Waals surface area contributed by atoms with Gasteiger partial charge in [0.15, 0.2) is 5.96 Å². The first kappa shape index (κ1) is 20.9. The van der Waals surface area contributed by atoms with Crippen LogP contribution < -0.4 is 15.8 Å². The zero-order chi connectivity index (χ0) is 16.7. The second-order valence-corrected chi connectivity index (χ2v) is 7.73. The molecule has 4 N–H and O–H groups in total. The first-order chi connectivity index (χ1) is 11.0. The third-order valence-corrected chi connectivity index (χ3v) is 5.52. The molecule has 0 atom stereocenters. The Labute approximate surface area is 163 Å². The minimum atomic E-state index is -3.44. The topological polar surface area (TPSA) is 96.6 Å². The van der Waals surface area contributed by atoms with Crippen molar-refractivity contribution in [2.75, 3.05) is 13.6 Å². The van der Waals surface area contributed by atoms with Crippen LogP contribution in [0.4, 0.5) is 0 Å². The predicted octanol–water partition coefficient (Wildman–Crippen LogP) is 1.92. The van der Waals surface area contributed by atoms with Crippen molar-refractivity contribution < 1.29 is 8.42 Å². The van der Waals surface area contributed by atoms with Crippen molar-refractivity contribution in [1.29, 1.82) is 0 Å². The molecule has 2 aromatic rings. The Bertz CT molecular complexity index is 762. The molecule has 6 nitrogen and oxygen atoms in total. The quantitative estimate of drug-likeness (QED) is 0.321. The molecule has 0 aliphatic heterocycles. The minimum absolute atomic E-state index is 0. The molecule has 24 heavy (non-hydrogen) atoms. The van der Waals surface area contributed by atoms with E-state index in [2.05, 4.69) is 21.1 Å². The van der Waals surface area contributed by atoms with Crippen molar-refractivity contribution >= 4 is 51.3 Å². The van der Waals surface area contributed by atoms with Crippen LogP contribution in [0, 0.1) is 0 Å². The molecule has 0 fully saturated rings. The third-order valence-electron chi connectivity index (χ3n) is 3.17. The van der Waals surface area contributed by atoms with Crippen molar-refractivity contribution in [2.24, 2.45) is 10.7 Å². The van der Waals surface area contributed by atoms with Gasteiger partial charge in [0.2, 0.25) is 10.0 Å². The molecule has 132 valence electrons. The molecule has 0 saturated carbocycles. The summed E-state index contributed by atoms with van der Waals surface area (Å²) in [7, 11) is -2.06. The number of rotatable bonds is 7. The van der Waals surface area contributed by atoms with E-state index in [9.17, 15) is 8.42 Å². The van der Waals surface area contributed by atoms with E-state index >= 15 is 0 Å². The lowest BCUT2D eigenvalue weighted by Crippen LogP contribution is -2.33. The number of thiophene rings is 1. The number of nitrogens with one attached hydrogen (secondary N) is 2. The Kier molecular flexibility index (Phi) is 8.67. The van der Waals surface area contributed by atoms with Gasteiger partial charge in [-0.3, -0.25) is 0 Å². The number of benzene rings is 1. The Morgan fingerprint density at radius 3 is 2.75 bits per heavy atom. The first-order valence-electron chi connectivity index (χ1n) is 7.10. The van der Waals surface area contributed by atoms with E-state index in [1.807, 2.05) is 17.5 Å². The highest BCUT2D eigenvalue weighted by atomic mass is 127. The fourth-order valence-electron chi connectivity index (χ4n) is 1.93. The molecule has 0 radical (unpaired) electrons. The normalized spacial score (nSPS) is 11.8. The summed E-state index contributed by atoms with van der Waals surface area (Å²) in [6.07, 6.45) is 0.893. The standard InChI is InChI=1S/C15H20N4O2S2.HI/c1-17-23(20,21)14-6-2-4-12(10-14)11-19-15(16)18-8-7-13-5-3-9-22-13;/h2-6,9-10,17H,7-8,11H2,1H3,(H3,16,18,19);1H. The predicted molar refractivity (Wildman–Crippen MR) is 109 cm³/mol. The summed E-state index contributed by atoms with van der Waals surface area (Å²) in [6, 6.07) is 10.7. The van der Waals surface area contributed by atoms with Crippen molar-refractivity contribution in [3.63, 3.8) is 0 Å². The highest BCUT2D eigenvalue weighted by Crippen LogP contribution is 2.12. The Morgan fingerprint density at radius 2 is 2.08 bits per heavy atom. The fraction of sp³-hybridized carbons (Fsp3) is 0.267.